The number of likely N-dealkylation sites (tertiary alicyclic amines) is 1. The lowest BCUT2D eigenvalue weighted by atomic mass is 9.88. The molecule has 0 radical (unpaired) electrons. The number of rotatable bonds is 5. The van der Waals surface area contributed by atoms with Gasteiger partial charge in [0.1, 0.15) is 0 Å². The molecule has 25 heavy (non-hydrogen) atoms. The van der Waals surface area contributed by atoms with E-state index < -0.39 is 0 Å². The first-order chi connectivity index (χ1) is 12.3. The molecule has 0 bridgehead atoms. The first-order valence-electron chi connectivity index (χ1n) is 9.01. The number of hydrogen-bond acceptors (Lipinski definition) is 4. The number of piperidine rings is 1. The maximum absolute atomic E-state index is 10.6. The van der Waals surface area contributed by atoms with Crippen LogP contribution in [0.25, 0.3) is 5.65 Å². The van der Waals surface area contributed by atoms with Crippen molar-refractivity contribution in [2.24, 2.45) is 5.92 Å². The van der Waals surface area contributed by atoms with Crippen LogP contribution in [0.2, 0.25) is 0 Å². The second kappa shape index (κ2) is 7.33. The first-order valence-corrected chi connectivity index (χ1v) is 9.01. The van der Waals surface area contributed by atoms with E-state index in [0.717, 1.165) is 44.5 Å². The Balaban J connectivity index is 1.32. The van der Waals surface area contributed by atoms with Crippen molar-refractivity contribution >= 4 is 5.65 Å². The predicted octanol–water partition coefficient (Wildman–Crippen LogP) is 2.54. The average molecular weight is 336 g/mol. The lowest BCUT2D eigenvalue weighted by Gasteiger charge is -2.34. The van der Waals surface area contributed by atoms with Crippen LogP contribution in [0.5, 0.6) is 0 Å². The van der Waals surface area contributed by atoms with Gasteiger partial charge >= 0.3 is 0 Å². The minimum absolute atomic E-state index is 0.247. The van der Waals surface area contributed by atoms with E-state index in [4.69, 9.17) is 0 Å². The zero-order chi connectivity index (χ0) is 17.1. The van der Waals surface area contributed by atoms with Crippen LogP contribution in [0, 0.1) is 5.92 Å². The Hall–Kier alpha value is -2.24. The Bertz CT molecular complexity index is 809. The summed E-state index contributed by atoms with van der Waals surface area (Å²) in [7, 11) is 0. The number of aromatic nitrogens is 3. The van der Waals surface area contributed by atoms with Gasteiger partial charge in [0.25, 0.3) is 0 Å². The predicted molar refractivity (Wildman–Crippen MR) is 97.1 cm³/mol. The molecule has 0 spiro atoms. The van der Waals surface area contributed by atoms with E-state index in [1.807, 2.05) is 47.4 Å². The van der Waals surface area contributed by atoms with Gasteiger partial charge in [0, 0.05) is 24.5 Å². The van der Waals surface area contributed by atoms with Crippen molar-refractivity contribution in [3.63, 3.8) is 0 Å². The maximum atomic E-state index is 10.6. The quantitative estimate of drug-likeness (QED) is 0.778. The molecular formula is C20H24N4O. The van der Waals surface area contributed by atoms with Crippen LogP contribution >= 0.6 is 0 Å². The lowest BCUT2D eigenvalue weighted by molar-refractivity contribution is 0.0577. The molecule has 1 atom stereocenters. The first kappa shape index (κ1) is 16.2. The minimum atomic E-state index is -0.247. The van der Waals surface area contributed by atoms with Crippen LogP contribution in [0.15, 0.2) is 55.0 Å². The molecule has 0 amide bonds. The van der Waals surface area contributed by atoms with Crippen molar-refractivity contribution in [2.45, 2.75) is 31.9 Å². The van der Waals surface area contributed by atoms with Crippen molar-refractivity contribution < 1.29 is 5.11 Å². The van der Waals surface area contributed by atoms with Gasteiger partial charge in [-0.15, -0.1) is 0 Å². The smallest absolute Gasteiger partial charge is 0.159 e. The van der Waals surface area contributed by atoms with Crippen molar-refractivity contribution in [1.29, 1.82) is 0 Å². The summed E-state index contributed by atoms with van der Waals surface area (Å²) in [5.74, 6) is 0.387. The molecule has 1 fully saturated rings. The Labute approximate surface area is 147 Å². The van der Waals surface area contributed by atoms with Gasteiger partial charge in [-0.25, -0.2) is 9.50 Å². The zero-order valence-corrected chi connectivity index (χ0v) is 14.3. The summed E-state index contributed by atoms with van der Waals surface area (Å²) in [6, 6.07) is 12.2. The molecule has 1 unspecified atom stereocenters. The molecule has 2 aromatic heterocycles. The molecule has 1 aliphatic heterocycles. The van der Waals surface area contributed by atoms with Crippen LogP contribution in [-0.4, -0.2) is 43.8 Å². The molecule has 1 aliphatic rings. The van der Waals surface area contributed by atoms with Crippen molar-refractivity contribution in [2.75, 3.05) is 13.1 Å². The molecule has 1 saturated heterocycles. The van der Waals surface area contributed by atoms with Gasteiger partial charge in [0.05, 0.1) is 12.3 Å². The van der Waals surface area contributed by atoms with Crippen LogP contribution in [-0.2, 0) is 13.0 Å². The highest BCUT2D eigenvalue weighted by Gasteiger charge is 2.25. The summed E-state index contributed by atoms with van der Waals surface area (Å²) in [6.45, 7) is 2.91. The average Bonchev–Trinajstić information content (AvgIpc) is 3.06. The monoisotopic (exact) mass is 336 g/mol. The van der Waals surface area contributed by atoms with Crippen LogP contribution in [0.4, 0.5) is 0 Å². The standard InChI is InChI=1S/C20H24N4O/c25-19(13-16-5-2-1-3-6-16)17-7-11-23(12-8-17)15-18-14-22-24-10-4-9-21-20(18)24/h1-6,9-10,14,17,19,25H,7-8,11-13,15H2. The van der Waals surface area contributed by atoms with Crippen LogP contribution in [0.3, 0.4) is 0 Å². The van der Waals surface area contributed by atoms with Gasteiger partial charge in [-0.05, 0) is 49.9 Å². The number of aliphatic hydroxyl groups excluding tert-OH is 1. The van der Waals surface area contributed by atoms with E-state index in [1.54, 1.807) is 0 Å². The van der Waals surface area contributed by atoms with Gasteiger partial charge in [0.15, 0.2) is 5.65 Å². The highest BCUT2D eigenvalue weighted by atomic mass is 16.3. The van der Waals surface area contributed by atoms with Crippen molar-refractivity contribution in [3.05, 3.63) is 66.1 Å². The molecule has 130 valence electrons. The molecule has 3 heterocycles. The Morgan fingerprint density at radius 1 is 1.12 bits per heavy atom. The fraction of sp³-hybridized carbons (Fsp3) is 0.400. The fourth-order valence-electron chi connectivity index (χ4n) is 3.75. The highest BCUT2D eigenvalue weighted by Crippen LogP contribution is 2.24. The number of fused-ring (bicyclic) bond motifs is 1. The Morgan fingerprint density at radius 3 is 2.72 bits per heavy atom. The fourth-order valence-corrected chi connectivity index (χ4v) is 3.75. The second-order valence-electron chi connectivity index (χ2n) is 6.93. The zero-order valence-electron chi connectivity index (χ0n) is 14.3. The number of hydrogen-bond donors (Lipinski definition) is 1. The molecule has 5 nitrogen and oxygen atoms in total. The van der Waals surface area contributed by atoms with Gasteiger partial charge < -0.3 is 5.11 Å². The largest absolute Gasteiger partial charge is 0.392 e. The highest BCUT2D eigenvalue weighted by molar-refractivity contribution is 5.45. The van der Waals surface area contributed by atoms with Crippen molar-refractivity contribution in [1.82, 2.24) is 19.5 Å². The number of benzene rings is 1. The molecule has 0 aliphatic carbocycles. The third-order valence-corrected chi connectivity index (χ3v) is 5.21. The van der Waals surface area contributed by atoms with E-state index in [2.05, 4.69) is 27.1 Å². The van der Waals surface area contributed by atoms with Gasteiger partial charge in [-0.1, -0.05) is 30.3 Å². The van der Waals surface area contributed by atoms with E-state index in [9.17, 15) is 5.11 Å². The molecule has 5 heteroatoms. The van der Waals surface area contributed by atoms with Gasteiger partial charge in [0.2, 0.25) is 0 Å². The topological polar surface area (TPSA) is 53.7 Å². The number of nitrogens with zero attached hydrogens (tertiary/aromatic N) is 4. The van der Waals surface area contributed by atoms with Crippen LogP contribution in [0.1, 0.15) is 24.0 Å². The number of aliphatic hydroxyl groups is 1. The summed E-state index contributed by atoms with van der Waals surface area (Å²) in [4.78, 5) is 6.87. The summed E-state index contributed by atoms with van der Waals surface area (Å²) >= 11 is 0. The van der Waals surface area contributed by atoms with E-state index in [0.29, 0.717) is 5.92 Å². The molecule has 4 rings (SSSR count). The third-order valence-electron chi connectivity index (χ3n) is 5.21. The Kier molecular flexibility index (Phi) is 4.76. The SMILES string of the molecule is OC(Cc1ccccc1)C1CCN(Cc2cnn3cccnc23)CC1. The lowest BCUT2D eigenvalue weighted by Crippen LogP contribution is -2.38. The van der Waals surface area contributed by atoms with Gasteiger partial charge in [-0.3, -0.25) is 4.90 Å². The molecule has 0 saturated carbocycles. The van der Waals surface area contributed by atoms with Crippen LogP contribution < -0.4 is 0 Å². The van der Waals surface area contributed by atoms with E-state index in [-0.39, 0.29) is 6.10 Å². The van der Waals surface area contributed by atoms with E-state index in [1.165, 1.54) is 11.1 Å². The minimum Gasteiger partial charge on any atom is -0.392 e. The normalized spacial score (nSPS) is 17.8. The molecule has 3 aromatic rings. The molecule has 1 N–H and O–H groups in total. The van der Waals surface area contributed by atoms with E-state index >= 15 is 0 Å². The molecular weight excluding hydrogens is 312 g/mol. The molecule has 1 aromatic carbocycles. The second-order valence-corrected chi connectivity index (χ2v) is 6.93. The maximum Gasteiger partial charge on any atom is 0.159 e. The summed E-state index contributed by atoms with van der Waals surface area (Å²) in [6.07, 6.45) is 8.25. The summed E-state index contributed by atoms with van der Waals surface area (Å²) in [5, 5.41) is 14.9. The Morgan fingerprint density at radius 2 is 1.92 bits per heavy atom. The summed E-state index contributed by atoms with van der Waals surface area (Å²) in [5.41, 5.74) is 3.33. The van der Waals surface area contributed by atoms with Gasteiger partial charge in [-0.2, -0.15) is 5.10 Å². The third kappa shape index (κ3) is 3.72. The summed E-state index contributed by atoms with van der Waals surface area (Å²) < 4.78 is 1.83. The van der Waals surface area contributed by atoms with Crippen molar-refractivity contribution in [3.8, 4) is 0 Å².